The fourth-order valence-corrected chi connectivity index (χ4v) is 4.98. The molecule has 0 fully saturated rings. The molecule has 4 unspecified atom stereocenters. The van der Waals surface area contributed by atoms with Crippen LogP contribution >= 0.6 is 0 Å². The first-order chi connectivity index (χ1) is 11.8. The number of hydrogen-bond donors (Lipinski definition) is 2. The SMILES string of the molecule is CC(O)C1(C(C)(C)C2(C(C)O)Oc3ccc2cc3)Oc2ccc1cc2. The van der Waals surface area contributed by atoms with E-state index in [0.29, 0.717) is 11.5 Å². The van der Waals surface area contributed by atoms with Gasteiger partial charge in [0.05, 0.1) is 17.6 Å². The first-order valence-corrected chi connectivity index (χ1v) is 8.71. The van der Waals surface area contributed by atoms with E-state index < -0.39 is 28.8 Å². The van der Waals surface area contributed by atoms with E-state index in [2.05, 4.69) is 0 Å². The Morgan fingerprint density at radius 3 is 1.24 bits per heavy atom. The van der Waals surface area contributed by atoms with Crippen molar-refractivity contribution in [3.05, 3.63) is 59.7 Å². The minimum absolute atomic E-state index is 0.703. The molecule has 4 heteroatoms. The molecule has 132 valence electrons. The zero-order valence-corrected chi connectivity index (χ0v) is 15.0. The van der Waals surface area contributed by atoms with Crippen LogP contribution in [0.5, 0.6) is 11.5 Å². The standard InChI is InChI=1S/C21H24O4/c1-13(22)20(15-5-9-17(24-20)10-6-15)19(3,4)21(14(2)23)16-7-11-18(25-21)12-8-16/h5-14,22-23H,1-4H3. The first-order valence-electron chi connectivity index (χ1n) is 8.71. The fraction of sp³-hybridized carbons (Fsp3) is 0.429. The average molecular weight is 340 g/mol. The summed E-state index contributed by atoms with van der Waals surface area (Å²) in [7, 11) is 0. The van der Waals surface area contributed by atoms with Crippen LogP contribution in [0.15, 0.2) is 48.5 Å². The van der Waals surface area contributed by atoms with Crippen molar-refractivity contribution in [3.63, 3.8) is 0 Å². The Labute approximate surface area is 148 Å². The molecule has 2 N–H and O–H groups in total. The predicted octanol–water partition coefficient (Wildman–Crippen LogP) is 3.35. The summed E-state index contributed by atoms with van der Waals surface area (Å²) in [5.74, 6) is 1.41. The Kier molecular flexibility index (Phi) is 3.28. The Bertz CT molecular complexity index is 724. The predicted molar refractivity (Wildman–Crippen MR) is 94.6 cm³/mol. The summed E-state index contributed by atoms with van der Waals surface area (Å²) in [5, 5.41) is 21.7. The molecule has 4 aliphatic rings. The van der Waals surface area contributed by atoms with Gasteiger partial charge in [-0.3, -0.25) is 0 Å². The average Bonchev–Trinajstić information content (AvgIpc) is 2.62. The molecule has 4 heterocycles. The molecular weight excluding hydrogens is 316 g/mol. The number of benzene rings is 2. The molecule has 6 rings (SSSR count). The smallest absolute Gasteiger partial charge is 0.169 e. The van der Waals surface area contributed by atoms with Crippen molar-refractivity contribution >= 4 is 0 Å². The molecule has 0 saturated heterocycles. The number of aliphatic hydroxyl groups is 2. The van der Waals surface area contributed by atoms with Gasteiger partial charge >= 0.3 is 0 Å². The van der Waals surface area contributed by atoms with Gasteiger partial charge in [-0.05, 0) is 49.2 Å². The lowest BCUT2D eigenvalue weighted by Crippen LogP contribution is -2.68. The largest absolute Gasteiger partial charge is 0.479 e. The van der Waals surface area contributed by atoms with E-state index >= 15 is 0 Å². The third-order valence-corrected chi connectivity index (χ3v) is 6.16. The monoisotopic (exact) mass is 340 g/mol. The van der Waals surface area contributed by atoms with E-state index in [1.807, 2.05) is 62.4 Å². The Morgan fingerprint density at radius 1 is 0.720 bits per heavy atom. The summed E-state index contributed by atoms with van der Waals surface area (Å²) in [5.41, 5.74) is -1.09. The molecule has 0 amide bonds. The molecule has 0 saturated carbocycles. The van der Waals surface area contributed by atoms with Crippen LogP contribution in [0.4, 0.5) is 0 Å². The maximum atomic E-state index is 10.9. The summed E-state index contributed by atoms with van der Waals surface area (Å²) in [6, 6.07) is 15.5. The summed E-state index contributed by atoms with van der Waals surface area (Å²) >= 11 is 0. The van der Waals surface area contributed by atoms with E-state index in [1.165, 1.54) is 0 Å². The molecule has 4 nitrogen and oxygen atoms in total. The van der Waals surface area contributed by atoms with Crippen molar-refractivity contribution < 1.29 is 19.7 Å². The minimum atomic E-state index is -1.03. The maximum absolute atomic E-state index is 10.9. The highest BCUT2D eigenvalue weighted by Gasteiger charge is 2.67. The Balaban J connectivity index is 1.97. The summed E-state index contributed by atoms with van der Waals surface area (Å²) < 4.78 is 12.7. The van der Waals surface area contributed by atoms with E-state index in [9.17, 15) is 10.2 Å². The second-order valence-electron chi connectivity index (χ2n) is 7.70. The van der Waals surface area contributed by atoms with Gasteiger partial charge < -0.3 is 19.7 Å². The van der Waals surface area contributed by atoms with E-state index in [1.54, 1.807) is 13.8 Å². The second kappa shape index (κ2) is 4.99. The van der Waals surface area contributed by atoms with Crippen molar-refractivity contribution in [3.8, 4) is 11.5 Å². The maximum Gasteiger partial charge on any atom is 0.169 e. The summed E-state index contributed by atoms with van der Waals surface area (Å²) in [6.07, 6.45) is -1.61. The first kappa shape index (κ1) is 16.4. The molecule has 2 aromatic rings. The van der Waals surface area contributed by atoms with Crippen LogP contribution in [-0.2, 0) is 11.2 Å². The van der Waals surface area contributed by atoms with Gasteiger partial charge in [-0.1, -0.05) is 38.1 Å². The molecule has 0 aromatic heterocycles. The van der Waals surface area contributed by atoms with Gasteiger partial charge in [0.25, 0.3) is 0 Å². The van der Waals surface area contributed by atoms with Gasteiger partial charge in [-0.25, -0.2) is 0 Å². The van der Waals surface area contributed by atoms with Gasteiger partial charge in [0.15, 0.2) is 11.2 Å². The lowest BCUT2D eigenvalue weighted by molar-refractivity contribution is -0.236. The quantitative estimate of drug-likeness (QED) is 0.896. The normalized spacial score (nSPS) is 29.0. The summed E-state index contributed by atoms with van der Waals surface area (Å²) in [6.45, 7) is 7.46. The molecule has 4 atom stereocenters. The highest BCUT2D eigenvalue weighted by Crippen LogP contribution is 2.60. The van der Waals surface area contributed by atoms with Gasteiger partial charge in [0.2, 0.25) is 0 Å². The van der Waals surface area contributed by atoms with Crippen LogP contribution in [-0.4, -0.2) is 22.4 Å². The number of hydrogen-bond acceptors (Lipinski definition) is 4. The topological polar surface area (TPSA) is 58.9 Å². The van der Waals surface area contributed by atoms with Crippen LogP contribution in [0.3, 0.4) is 0 Å². The minimum Gasteiger partial charge on any atom is -0.479 e. The van der Waals surface area contributed by atoms with Crippen LogP contribution in [0, 0.1) is 5.41 Å². The Morgan fingerprint density at radius 2 is 1.04 bits per heavy atom. The molecular formula is C21H24O4. The molecule has 4 aliphatic heterocycles. The number of rotatable bonds is 4. The van der Waals surface area contributed by atoms with Crippen LogP contribution in [0.1, 0.15) is 38.8 Å². The van der Waals surface area contributed by atoms with Crippen LogP contribution < -0.4 is 9.47 Å². The van der Waals surface area contributed by atoms with E-state index in [0.717, 1.165) is 11.1 Å². The van der Waals surface area contributed by atoms with Gasteiger partial charge in [-0.15, -0.1) is 0 Å². The van der Waals surface area contributed by atoms with E-state index in [4.69, 9.17) is 9.47 Å². The van der Waals surface area contributed by atoms with Crippen molar-refractivity contribution in [1.29, 1.82) is 0 Å². The highest BCUT2D eigenvalue weighted by atomic mass is 16.5. The van der Waals surface area contributed by atoms with Crippen molar-refractivity contribution in [2.75, 3.05) is 0 Å². The van der Waals surface area contributed by atoms with Crippen molar-refractivity contribution in [2.24, 2.45) is 5.41 Å². The number of fused-ring (bicyclic) bond motifs is 6. The summed E-state index contributed by atoms with van der Waals surface area (Å²) in [4.78, 5) is 0. The second-order valence-corrected chi connectivity index (χ2v) is 7.70. The molecule has 25 heavy (non-hydrogen) atoms. The van der Waals surface area contributed by atoms with Gasteiger partial charge in [0.1, 0.15) is 11.5 Å². The zero-order valence-electron chi connectivity index (χ0n) is 15.0. The van der Waals surface area contributed by atoms with Crippen molar-refractivity contribution in [2.45, 2.75) is 51.1 Å². The Hall–Kier alpha value is -2.04. The molecule has 0 aliphatic carbocycles. The third-order valence-electron chi connectivity index (χ3n) is 6.16. The molecule has 0 spiro atoms. The van der Waals surface area contributed by atoms with Gasteiger partial charge in [-0.2, -0.15) is 0 Å². The zero-order chi connectivity index (χ0) is 18.0. The fourth-order valence-electron chi connectivity index (χ4n) is 4.98. The number of ether oxygens (including phenoxy) is 2. The molecule has 0 radical (unpaired) electrons. The van der Waals surface area contributed by atoms with Crippen LogP contribution in [0.2, 0.25) is 0 Å². The van der Waals surface area contributed by atoms with Crippen molar-refractivity contribution in [1.82, 2.24) is 0 Å². The van der Waals surface area contributed by atoms with Crippen LogP contribution in [0.25, 0.3) is 0 Å². The molecule has 2 aromatic carbocycles. The highest BCUT2D eigenvalue weighted by molar-refractivity contribution is 5.45. The van der Waals surface area contributed by atoms with Gasteiger partial charge in [0, 0.05) is 0 Å². The third kappa shape index (κ3) is 1.79. The lowest BCUT2D eigenvalue weighted by atomic mass is 9.55. The molecule has 4 bridgehead atoms. The van der Waals surface area contributed by atoms with E-state index in [-0.39, 0.29) is 0 Å². The number of aliphatic hydroxyl groups excluding tert-OH is 2. The lowest BCUT2D eigenvalue weighted by Gasteiger charge is -2.60.